The van der Waals surface area contributed by atoms with Crippen molar-refractivity contribution in [3.8, 4) is 45.3 Å². The van der Waals surface area contributed by atoms with Crippen LogP contribution in [0.15, 0.2) is 127 Å². The number of carbonyl (C=O) groups is 1. The van der Waals surface area contributed by atoms with Crippen LogP contribution in [-0.4, -0.2) is 20.7 Å². The molecule has 0 atom stereocenters. The average Bonchev–Trinajstić information content (AvgIpc) is 3.04. The first-order valence-electron chi connectivity index (χ1n) is 13.8. The van der Waals surface area contributed by atoms with Crippen LogP contribution in [0.5, 0.6) is 0 Å². The molecule has 0 amide bonds. The number of aromatic nitrogens is 3. The highest BCUT2D eigenvalue weighted by Crippen LogP contribution is 2.43. The Morgan fingerprint density at radius 1 is 0.439 bits per heavy atom. The van der Waals surface area contributed by atoms with Gasteiger partial charge in [0.25, 0.3) is 0 Å². The van der Waals surface area contributed by atoms with Crippen molar-refractivity contribution in [1.82, 2.24) is 15.0 Å². The molecule has 1 aliphatic carbocycles. The summed E-state index contributed by atoms with van der Waals surface area (Å²) in [6, 6.07) is 42.3. The molecule has 0 radical (unpaired) electrons. The Hall–Kier alpha value is -5.22. The quantitative estimate of drug-likeness (QED) is 0.230. The fraction of sp³-hybridized carbons (Fsp3) is 0.0811. The number of ketones is 1. The van der Waals surface area contributed by atoms with Crippen molar-refractivity contribution >= 4 is 5.78 Å². The molecule has 7 rings (SSSR count). The van der Waals surface area contributed by atoms with Gasteiger partial charge in [-0.15, -0.1) is 0 Å². The average molecular weight is 530 g/mol. The first-order valence-corrected chi connectivity index (χ1v) is 13.8. The molecule has 0 unspecified atom stereocenters. The van der Waals surface area contributed by atoms with Gasteiger partial charge in [-0.05, 0) is 28.3 Å². The number of nitrogens with zero attached hydrogens (tertiary/aromatic N) is 3. The summed E-state index contributed by atoms with van der Waals surface area (Å²) in [6.07, 6.45) is 0. The lowest BCUT2D eigenvalue weighted by atomic mass is 9.68. The van der Waals surface area contributed by atoms with Crippen molar-refractivity contribution in [3.05, 3.63) is 150 Å². The Bertz CT molecular complexity index is 1870. The molecule has 1 aromatic heterocycles. The van der Waals surface area contributed by atoms with Crippen LogP contribution in [0.2, 0.25) is 0 Å². The van der Waals surface area contributed by atoms with Gasteiger partial charge in [-0.1, -0.05) is 135 Å². The second-order valence-corrected chi connectivity index (χ2v) is 10.8. The van der Waals surface area contributed by atoms with Crippen molar-refractivity contribution in [1.29, 1.82) is 0 Å². The molecule has 1 heterocycles. The van der Waals surface area contributed by atoms with E-state index >= 15 is 0 Å². The van der Waals surface area contributed by atoms with E-state index in [2.05, 4.69) is 38.1 Å². The van der Waals surface area contributed by atoms with E-state index in [1.54, 1.807) is 0 Å². The standard InChI is InChI=1S/C37H27N3O/c1-37(2)31-20-12-11-19-29(31)33(41)30-22-21-26(23-32(30)37)27-17-9-10-18-28(27)36-39-34(24-13-5-3-6-14-24)38-35(40-36)25-15-7-4-8-16-25/h3-23H,1-2H3. The van der Waals surface area contributed by atoms with Gasteiger partial charge in [-0.2, -0.15) is 0 Å². The molecule has 196 valence electrons. The van der Waals surface area contributed by atoms with Crippen molar-refractivity contribution in [2.45, 2.75) is 19.3 Å². The Morgan fingerprint density at radius 3 is 1.56 bits per heavy atom. The van der Waals surface area contributed by atoms with E-state index in [0.29, 0.717) is 17.5 Å². The molecule has 0 bridgehead atoms. The summed E-state index contributed by atoms with van der Waals surface area (Å²) in [5.74, 6) is 1.93. The molecule has 1 aliphatic rings. The van der Waals surface area contributed by atoms with Crippen LogP contribution < -0.4 is 0 Å². The van der Waals surface area contributed by atoms with Crippen LogP contribution in [0.25, 0.3) is 45.3 Å². The van der Waals surface area contributed by atoms with Gasteiger partial charge in [0.05, 0.1) is 0 Å². The molecular formula is C37H27N3O. The zero-order valence-electron chi connectivity index (χ0n) is 22.9. The van der Waals surface area contributed by atoms with E-state index in [0.717, 1.165) is 50.1 Å². The molecular weight excluding hydrogens is 502 g/mol. The van der Waals surface area contributed by atoms with Crippen LogP contribution in [0.1, 0.15) is 40.9 Å². The van der Waals surface area contributed by atoms with Crippen molar-refractivity contribution < 1.29 is 4.79 Å². The molecule has 5 aromatic carbocycles. The van der Waals surface area contributed by atoms with Gasteiger partial charge >= 0.3 is 0 Å². The maximum Gasteiger partial charge on any atom is 0.193 e. The normalized spacial score (nSPS) is 13.4. The Labute approximate surface area is 239 Å². The van der Waals surface area contributed by atoms with Crippen LogP contribution in [-0.2, 0) is 5.41 Å². The minimum atomic E-state index is -0.321. The smallest absolute Gasteiger partial charge is 0.193 e. The monoisotopic (exact) mass is 529 g/mol. The first kappa shape index (κ1) is 24.8. The number of hydrogen-bond acceptors (Lipinski definition) is 4. The first-order chi connectivity index (χ1) is 20.0. The van der Waals surface area contributed by atoms with E-state index < -0.39 is 0 Å². The zero-order chi connectivity index (χ0) is 28.0. The van der Waals surface area contributed by atoms with E-state index in [9.17, 15) is 4.79 Å². The summed E-state index contributed by atoms with van der Waals surface area (Å²) >= 11 is 0. The SMILES string of the molecule is CC1(C)c2ccccc2C(=O)c2ccc(-c3ccccc3-c3nc(-c4ccccc4)nc(-c4ccccc4)n3)cc21. The van der Waals surface area contributed by atoms with E-state index in [4.69, 9.17) is 15.0 Å². The maximum atomic E-state index is 13.4. The van der Waals surface area contributed by atoms with Crippen LogP contribution in [0, 0.1) is 0 Å². The highest BCUT2D eigenvalue weighted by atomic mass is 16.1. The Kier molecular flexibility index (Phi) is 5.90. The molecule has 0 saturated heterocycles. The molecule has 4 nitrogen and oxygen atoms in total. The zero-order valence-corrected chi connectivity index (χ0v) is 22.9. The maximum absolute atomic E-state index is 13.4. The summed E-state index contributed by atoms with van der Waals surface area (Å²) in [5, 5.41) is 0. The van der Waals surface area contributed by atoms with Gasteiger partial charge in [-0.3, -0.25) is 4.79 Å². The number of hydrogen-bond donors (Lipinski definition) is 0. The van der Waals surface area contributed by atoms with Gasteiger partial charge in [0.15, 0.2) is 23.3 Å². The molecule has 0 N–H and O–H groups in total. The topological polar surface area (TPSA) is 55.7 Å². The van der Waals surface area contributed by atoms with Gasteiger partial charge in [0.1, 0.15) is 0 Å². The third-order valence-electron chi connectivity index (χ3n) is 7.96. The number of benzene rings is 5. The lowest BCUT2D eigenvalue weighted by molar-refractivity contribution is 0.103. The van der Waals surface area contributed by atoms with Crippen LogP contribution >= 0.6 is 0 Å². The highest BCUT2D eigenvalue weighted by molar-refractivity contribution is 6.13. The largest absolute Gasteiger partial charge is 0.289 e. The fourth-order valence-electron chi connectivity index (χ4n) is 5.80. The second kappa shape index (κ2) is 9.76. The number of carbonyl (C=O) groups excluding carboxylic acids is 1. The summed E-state index contributed by atoms with van der Waals surface area (Å²) in [5.41, 5.74) is 8.09. The molecule has 0 spiro atoms. The summed E-state index contributed by atoms with van der Waals surface area (Å²) in [7, 11) is 0. The lowest BCUT2D eigenvalue weighted by Gasteiger charge is -2.34. The van der Waals surface area contributed by atoms with E-state index in [1.807, 2.05) is 103 Å². The fourth-order valence-corrected chi connectivity index (χ4v) is 5.80. The minimum absolute atomic E-state index is 0.0761. The van der Waals surface area contributed by atoms with E-state index in [-0.39, 0.29) is 11.2 Å². The summed E-state index contributed by atoms with van der Waals surface area (Å²) in [6.45, 7) is 4.38. The highest BCUT2D eigenvalue weighted by Gasteiger charge is 2.36. The minimum Gasteiger partial charge on any atom is -0.289 e. The molecule has 0 aliphatic heterocycles. The van der Waals surface area contributed by atoms with Gasteiger partial charge in [0, 0.05) is 33.2 Å². The predicted octanol–water partition coefficient (Wildman–Crippen LogP) is 8.41. The third-order valence-corrected chi connectivity index (χ3v) is 7.96. The lowest BCUT2D eigenvalue weighted by Crippen LogP contribution is -2.30. The van der Waals surface area contributed by atoms with E-state index in [1.165, 1.54) is 0 Å². The summed E-state index contributed by atoms with van der Waals surface area (Å²) in [4.78, 5) is 28.2. The molecule has 0 saturated carbocycles. The van der Waals surface area contributed by atoms with Crippen molar-refractivity contribution in [3.63, 3.8) is 0 Å². The number of rotatable bonds is 4. The number of fused-ring (bicyclic) bond motifs is 2. The molecule has 41 heavy (non-hydrogen) atoms. The summed E-state index contributed by atoms with van der Waals surface area (Å²) < 4.78 is 0. The van der Waals surface area contributed by atoms with Crippen LogP contribution in [0.3, 0.4) is 0 Å². The Morgan fingerprint density at radius 2 is 0.927 bits per heavy atom. The van der Waals surface area contributed by atoms with Crippen LogP contribution in [0.4, 0.5) is 0 Å². The predicted molar refractivity (Wildman–Crippen MR) is 164 cm³/mol. The van der Waals surface area contributed by atoms with Crippen molar-refractivity contribution in [2.75, 3.05) is 0 Å². The van der Waals surface area contributed by atoms with Gasteiger partial charge < -0.3 is 0 Å². The van der Waals surface area contributed by atoms with Gasteiger partial charge in [0.2, 0.25) is 0 Å². The second-order valence-electron chi connectivity index (χ2n) is 10.8. The van der Waals surface area contributed by atoms with Gasteiger partial charge in [-0.25, -0.2) is 15.0 Å². The Balaban J connectivity index is 1.41. The molecule has 0 fully saturated rings. The molecule has 4 heteroatoms. The third kappa shape index (κ3) is 4.25. The molecule has 6 aromatic rings. The van der Waals surface area contributed by atoms with Crippen molar-refractivity contribution in [2.24, 2.45) is 0 Å².